The lowest BCUT2D eigenvalue weighted by Gasteiger charge is -2.28. The van der Waals surface area contributed by atoms with E-state index in [1.165, 1.54) is 11.1 Å². The van der Waals surface area contributed by atoms with Gasteiger partial charge in [-0.3, -0.25) is 4.98 Å². The summed E-state index contributed by atoms with van der Waals surface area (Å²) in [6, 6.07) is 2.55. The van der Waals surface area contributed by atoms with Crippen LogP contribution in [0.1, 0.15) is 38.8 Å². The highest BCUT2D eigenvalue weighted by atomic mass is 14.9. The third-order valence-corrected chi connectivity index (χ3v) is 3.05. The molecular formula is C13H22N2. The molecule has 0 fully saturated rings. The molecule has 0 aromatic carbocycles. The number of aromatic nitrogens is 1. The van der Waals surface area contributed by atoms with E-state index in [4.69, 9.17) is 0 Å². The molecule has 1 unspecified atom stereocenters. The number of rotatable bonds is 3. The van der Waals surface area contributed by atoms with E-state index in [1.807, 2.05) is 12.4 Å². The van der Waals surface area contributed by atoms with Gasteiger partial charge in [-0.2, -0.15) is 0 Å². The van der Waals surface area contributed by atoms with E-state index in [-0.39, 0.29) is 0 Å². The summed E-state index contributed by atoms with van der Waals surface area (Å²) in [5, 5.41) is 3.54. The second-order valence-electron chi connectivity index (χ2n) is 5.27. The lowest BCUT2D eigenvalue weighted by Crippen LogP contribution is -2.37. The molecule has 0 aliphatic heterocycles. The molecule has 84 valence electrons. The smallest absolute Gasteiger partial charge is 0.0315 e. The maximum absolute atomic E-state index is 4.15. The van der Waals surface area contributed by atoms with Gasteiger partial charge in [0, 0.05) is 25.0 Å². The normalized spacial score (nSPS) is 13.9. The first-order valence-electron chi connectivity index (χ1n) is 5.54. The van der Waals surface area contributed by atoms with Gasteiger partial charge in [-0.25, -0.2) is 0 Å². The molecule has 0 saturated carbocycles. The molecule has 1 N–H and O–H groups in total. The van der Waals surface area contributed by atoms with Gasteiger partial charge < -0.3 is 5.32 Å². The first-order valence-corrected chi connectivity index (χ1v) is 5.54. The Labute approximate surface area is 93.1 Å². The van der Waals surface area contributed by atoms with E-state index >= 15 is 0 Å². The number of nitrogens with one attached hydrogen (secondary N) is 1. The monoisotopic (exact) mass is 206 g/mol. The Morgan fingerprint density at radius 3 is 2.60 bits per heavy atom. The van der Waals surface area contributed by atoms with Crippen LogP contribution in [-0.2, 0) is 6.54 Å². The Hall–Kier alpha value is -0.890. The van der Waals surface area contributed by atoms with Gasteiger partial charge in [0.05, 0.1) is 0 Å². The van der Waals surface area contributed by atoms with E-state index < -0.39 is 0 Å². The van der Waals surface area contributed by atoms with Gasteiger partial charge in [0.2, 0.25) is 0 Å². The molecule has 0 bridgehead atoms. The molecule has 0 radical (unpaired) electrons. The van der Waals surface area contributed by atoms with Crippen LogP contribution in [0.2, 0.25) is 0 Å². The molecule has 0 spiro atoms. The minimum atomic E-state index is 0.302. The Bertz CT molecular complexity index is 313. The summed E-state index contributed by atoms with van der Waals surface area (Å²) < 4.78 is 0. The summed E-state index contributed by atoms with van der Waals surface area (Å²) >= 11 is 0. The van der Waals surface area contributed by atoms with E-state index in [2.05, 4.69) is 51.0 Å². The fraction of sp³-hybridized carbons (Fsp3) is 0.615. The van der Waals surface area contributed by atoms with Gasteiger partial charge in [0.1, 0.15) is 0 Å². The van der Waals surface area contributed by atoms with Crippen LogP contribution in [0.4, 0.5) is 0 Å². The Kier molecular flexibility index (Phi) is 3.86. The minimum Gasteiger partial charge on any atom is -0.310 e. The van der Waals surface area contributed by atoms with E-state index in [1.54, 1.807) is 0 Å². The van der Waals surface area contributed by atoms with Crippen molar-refractivity contribution in [3.05, 3.63) is 29.6 Å². The lowest BCUT2D eigenvalue weighted by atomic mass is 9.88. The molecule has 2 heteroatoms. The highest BCUT2D eigenvalue weighted by molar-refractivity contribution is 5.21. The van der Waals surface area contributed by atoms with Crippen LogP contribution >= 0.6 is 0 Å². The summed E-state index contributed by atoms with van der Waals surface area (Å²) in [7, 11) is 0. The fourth-order valence-corrected chi connectivity index (χ4v) is 1.25. The predicted molar refractivity (Wildman–Crippen MR) is 64.7 cm³/mol. The second-order valence-corrected chi connectivity index (χ2v) is 5.27. The zero-order chi connectivity index (χ0) is 11.5. The van der Waals surface area contributed by atoms with Gasteiger partial charge in [-0.15, -0.1) is 0 Å². The average molecular weight is 206 g/mol. The zero-order valence-corrected chi connectivity index (χ0v) is 10.5. The summed E-state index contributed by atoms with van der Waals surface area (Å²) in [6.45, 7) is 12.0. The van der Waals surface area contributed by atoms with E-state index in [9.17, 15) is 0 Å². The van der Waals surface area contributed by atoms with Gasteiger partial charge >= 0.3 is 0 Å². The van der Waals surface area contributed by atoms with Crippen LogP contribution in [0.3, 0.4) is 0 Å². The van der Waals surface area contributed by atoms with Crippen LogP contribution < -0.4 is 5.32 Å². The third-order valence-electron chi connectivity index (χ3n) is 3.05. The Balaban J connectivity index is 2.55. The average Bonchev–Trinajstić information content (AvgIpc) is 2.14. The first-order chi connectivity index (χ1) is 6.91. The van der Waals surface area contributed by atoms with Crippen molar-refractivity contribution < 1.29 is 0 Å². The minimum absolute atomic E-state index is 0.302. The van der Waals surface area contributed by atoms with Crippen LogP contribution in [0.15, 0.2) is 18.5 Å². The SMILES string of the molecule is Cc1ccncc1CNC(C)C(C)(C)C. The molecule has 0 aliphatic carbocycles. The zero-order valence-electron chi connectivity index (χ0n) is 10.5. The highest BCUT2D eigenvalue weighted by Crippen LogP contribution is 2.19. The number of aryl methyl sites for hydroxylation is 1. The summed E-state index contributed by atoms with van der Waals surface area (Å²) in [6.07, 6.45) is 3.78. The second kappa shape index (κ2) is 4.75. The molecular weight excluding hydrogens is 184 g/mol. The molecule has 0 saturated heterocycles. The van der Waals surface area contributed by atoms with Crippen molar-refractivity contribution in [2.45, 2.75) is 47.2 Å². The van der Waals surface area contributed by atoms with Crippen molar-refractivity contribution in [1.29, 1.82) is 0 Å². The third kappa shape index (κ3) is 3.63. The quantitative estimate of drug-likeness (QED) is 0.822. The topological polar surface area (TPSA) is 24.9 Å². The molecule has 1 rings (SSSR count). The molecule has 1 aromatic heterocycles. The predicted octanol–water partition coefficient (Wildman–Crippen LogP) is 2.91. The maximum Gasteiger partial charge on any atom is 0.0315 e. The first kappa shape index (κ1) is 12.2. The van der Waals surface area contributed by atoms with Gasteiger partial charge in [0.15, 0.2) is 0 Å². The van der Waals surface area contributed by atoms with Gasteiger partial charge in [-0.05, 0) is 36.5 Å². The van der Waals surface area contributed by atoms with E-state index in [0.29, 0.717) is 11.5 Å². The molecule has 1 atom stereocenters. The van der Waals surface area contributed by atoms with Gasteiger partial charge in [0.25, 0.3) is 0 Å². The molecule has 2 nitrogen and oxygen atoms in total. The number of hydrogen-bond acceptors (Lipinski definition) is 2. The lowest BCUT2D eigenvalue weighted by molar-refractivity contribution is 0.285. The maximum atomic E-state index is 4.15. The van der Waals surface area contributed by atoms with Crippen LogP contribution in [-0.4, -0.2) is 11.0 Å². The van der Waals surface area contributed by atoms with Crippen molar-refractivity contribution >= 4 is 0 Å². The number of nitrogens with zero attached hydrogens (tertiary/aromatic N) is 1. The van der Waals surface area contributed by atoms with Crippen molar-refractivity contribution in [3.8, 4) is 0 Å². The Morgan fingerprint density at radius 2 is 2.07 bits per heavy atom. The molecule has 15 heavy (non-hydrogen) atoms. The van der Waals surface area contributed by atoms with E-state index in [0.717, 1.165) is 6.54 Å². The molecule has 1 heterocycles. The van der Waals surface area contributed by atoms with Crippen molar-refractivity contribution in [3.63, 3.8) is 0 Å². The molecule has 0 amide bonds. The number of hydrogen-bond donors (Lipinski definition) is 1. The summed E-state index contributed by atoms with van der Waals surface area (Å²) in [5.74, 6) is 0. The largest absolute Gasteiger partial charge is 0.310 e. The van der Waals surface area contributed by atoms with Crippen molar-refractivity contribution in [1.82, 2.24) is 10.3 Å². The Morgan fingerprint density at radius 1 is 1.40 bits per heavy atom. The molecule has 1 aromatic rings. The fourth-order valence-electron chi connectivity index (χ4n) is 1.25. The number of pyridine rings is 1. The van der Waals surface area contributed by atoms with Crippen LogP contribution in [0.5, 0.6) is 0 Å². The van der Waals surface area contributed by atoms with Crippen LogP contribution in [0, 0.1) is 12.3 Å². The van der Waals surface area contributed by atoms with Crippen LogP contribution in [0.25, 0.3) is 0 Å². The summed E-state index contributed by atoms with van der Waals surface area (Å²) in [4.78, 5) is 4.15. The summed E-state index contributed by atoms with van der Waals surface area (Å²) in [5.41, 5.74) is 2.89. The standard InChI is InChI=1S/C13H22N2/c1-10-6-7-14-8-12(10)9-15-11(2)13(3,4)5/h6-8,11,15H,9H2,1-5H3. The molecule has 0 aliphatic rings. The van der Waals surface area contributed by atoms with Crippen molar-refractivity contribution in [2.75, 3.05) is 0 Å². The highest BCUT2D eigenvalue weighted by Gasteiger charge is 2.19. The van der Waals surface area contributed by atoms with Gasteiger partial charge in [-0.1, -0.05) is 20.8 Å². The van der Waals surface area contributed by atoms with Crippen molar-refractivity contribution in [2.24, 2.45) is 5.41 Å².